The van der Waals surface area contributed by atoms with E-state index in [1.807, 2.05) is 27.2 Å². The van der Waals surface area contributed by atoms with Crippen LogP contribution in [0.1, 0.15) is 245 Å². The Bertz CT molecular complexity index is 1650. The molecule has 3 atom stereocenters. The molecule has 0 saturated carbocycles. The molecule has 1 amide bonds. The van der Waals surface area contributed by atoms with Gasteiger partial charge in [-0.25, -0.2) is 0 Å². The van der Waals surface area contributed by atoms with Crippen LogP contribution in [-0.4, -0.2) is 68.5 Å². The number of aliphatic hydroxyl groups is 1. The minimum Gasteiger partial charge on any atom is -0.756 e. The molecule has 0 aromatic rings. The van der Waals surface area contributed by atoms with E-state index in [1.165, 1.54) is 135 Å². The van der Waals surface area contributed by atoms with Crippen molar-refractivity contribution in [3.63, 3.8) is 0 Å². The second kappa shape index (κ2) is 56.6. The molecule has 0 aromatic carbocycles. The number of phosphoric ester groups is 1. The number of carbonyl (C=O) groups is 1. The maximum Gasteiger partial charge on any atom is 0.268 e. The van der Waals surface area contributed by atoms with E-state index in [2.05, 4.69) is 129 Å². The number of quaternary nitrogens is 1. The lowest BCUT2D eigenvalue weighted by Gasteiger charge is -2.29. The monoisotopic (exact) mass is 1080 g/mol. The van der Waals surface area contributed by atoms with Crippen LogP contribution in [0.4, 0.5) is 0 Å². The first kappa shape index (κ1) is 72.9. The number of nitrogens with zero attached hydrogens (tertiary/aromatic N) is 1. The lowest BCUT2D eigenvalue weighted by atomic mass is 10.0. The van der Waals surface area contributed by atoms with Crippen LogP contribution in [0.15, 0.2) is 122 Å². The maximum atomic E-state index is 13.0. The number of nitrogens with one attached hydrogen (secondary N) is 1. The summed E-state index contributed by atoms with van der Waals surface area (Å²) in [7, 11) is 1.23. The topological polar surface area (TPSA) is 108 Å². The van der Waals surface area contributed by atoms with Gasteiger partial charge in [-0.3, -0.25) is 9.36 Å². The number of allylic oxidation sites excluding steroid dienone is 19. The Hall–Kier alpha value is -3.10. The van der Waals surface area contributed by atoms with Gasteiger partial charge in [-0.2, -0.15) is 0 Å². The summed E-state index contributed by atoms with van der Waals surface area (Å²) in [4.78, 5) is 25.5. The van der Waals surface area contributed by atoms with Crippen molar-refractivity contribution < 1.29 is 32.9 Å². The lowest BCUT2D eigenvalue weighted by Crippen LogP contribution is -2.45. The van der Waals surface area contributed by atoms with Gasteiger partial charge in [0.15, 0.2) is 0 Å². The molecule has 0 spiro atoms. The van der Waals surface area contributed by atoms with Gasteiger partial charge < -0.3 is 28.8 Å². The third kappa shape index (κ3) is 58.6. The first-order valence-corrected chi connectivity index (χ1v) is 32.4. The maximum absolute atomic E-state index is 13.0. The van der Waals surface area contributed by atoms with Crippen LogP contribution >= 0.6 is 7.82 Å². The van der Waals surface area contributed by atoms with Crippen LogP contribution in [0.2, 0.25) is 0 Å². The summed E-state index contributed by atoms with van der Waals surface area (Å²) in [6.07, 6.45) is 84.4. The Labute approximate surface area is 469 Å². The molecule has 76 heavy (non-hydrogen) atoms. The highest BCUT2D eigenvalue weighted by molar-refractivity contribution is 7.45. The highest BCUT2D eigenvalue weighted by Crippen LogP contribution is 2.38. The number of unbranched alkanes of at least 4 members (excludes halogenated alkanes) is 24. The molecule has 0 aliphatic rings. The van der Waals surface area contributed by atoms with Crippen molar-refractivity contribution >= 4 is 13.7 Å². The third-order valence-corrected chi connectivity index (χ3v) is 14.1. The summed E-state index contributed by atoms with van der Waals surface area (Å²) >= 11 is 0. The van der Waals surface area contributed by atoms with Crippen molar-refractivity contribution in [2.45, 2.75) is 257 Å². The van der Waals surface area contributed by atoms with E-state index in [0.29, 0.717) is 17.4 Å². The van der Waals surface area contributed by atoms with Gasteiger partial charge in [-0.1, -0.05) is 257 Å². The third-order valence-electron chi connectivity index (χ3n) is 13.1. The molecular formula is C67H117N2O6P. The van der Waals surface area contributed by atoms with E-state index in [4.69, 9.17) is 9.05 Å². The molecule has 8 nitrogen and oxygen atoms in total. The van der Waals surface area contributed by atoms with Crippen molar-refractivity contribution in [2.75, 3.05) is 40.9 Å². The van der Waals surface area contributed by atoms with Crippen LogP contribution in [-0.2, 0) is 18.4 Å². The van der Waals surface area contributed by atoms with E-state index in [0.717, 1.165) is 89.9 Å². The fourth-order valence-electron chi connectivity index (χ4n) is 8.34. The zero-order valence-corrected chi connectivity index (χ0v) is 50.6. The molecule has 0 heterocycles. The molecule has 0 radical (unpaired) electrons. The van der Waals surface area contributed by atoms with Gasteiger partial charge in [0.1, 0.15) is 13.2 Å². The Morgan fingerprint density at radius 2 is 0.816 bits per heavy atom. The Morgan fingerprint density at radius 1 is 0.474 bits per heavy atom. The minimum atomic E-state index is -4.62. The van der Waals surface area contributed by atoms with Crippen molar-refractivity contribution in [2.24, 2.45) is 0 Å². The second-order valence-corrected chi connectivity index (χ2v) is 23.1. The van der Waals surface area contributed by atoms with Crippen LogP contribution in [0.3, 0.4) is 0 Å². The molecule has 0 fully saturated rings. The van der Waals surface area contributed by atoms with Gasteiger partial charge >= 0.3 is 0 Å². The van der Waals surface area contributed by atoms with Crippen molar-refractivity contribution in [1.29, 1.82) is 0 Å². The molecular weight excluding hydrogens is 960 g/mol. The smallest absolute Gasteiger partial charge is 0.268 e. The summed E-state index contributed by atoms with van der Waals surface area (Å²) in [5, 5.41) is 13.9. The number of likely N-dealkylation sites (N-methyl/N-ethyl adjacent to an activating group) is 1. The molecule has 0 aliphatic carbocycles. The molecule has 0 aromatic heterocycles. The molecule has 0 rings (SSSR count). The van der Waals surface area contributed by atoms with Crippen LogP contribution < -0.4 is 10.2 Å². The van der Waals surface area contributed by atoms with Crippen LogP contribution in [0, 0.1) is 0 Å². The molecule has 3 unspecified atom stereocenters. The van der Waals surface area contributed by atoms with Gasteiger partial charge in [-0.05, 0) is 103 Å². The predicted octanol–water partition coefficient (Wildman–Crippen LogP) is 18.7. The summed E-state index contributed by atoms with van der Waals surface area (Å²) < 4.78 is 23.3. The summed E-state index contributed by atoms with van der Waals surface area (Å²) in [6.45, 7) is 4.49. The quantitative estimate of drug-likeness (QED) is 0.0272. The molecule has 436 valence electrons. The summed E-state index contributed by atoms with van der Waals surface area (Å²) in [6, 6.07) is -0.917. The minimum absolute atomic E-state index is 0.0134. The predicted molar refractivity (Wildman–Crippen MR) is 329 cm³/mol. The van der Waals surface area contributed by atoms with Crippen molar-refractivity contribution in [1.82, 2.24) is 5.32 Å². The van der Waals surface area contributed by atoms with Gasteiger partial charge in [0, 0.05) is 6.42 Å². The first-order valence-electron chi connectivity index (χ1n) is 30.9. The number of amides is 1. The van der Waals surface area contributed by atoms with Gasteiger partial charge in [0.2, 0.25) is 5.91 Å². The zero-order chi connectivity index (χ0) is 55.6. The van der Waals surface area contributed by atoms with E-state index >= 15 is 0 Å². The summed E-state index contributed by atoms with van der Waals surface area (Å²) in [5.41, 5.74) is 0. The zero-order valence-electron chi connectivity index (χ0n) is 49.7. The SMILES string of the molecule is CC/C=C\C/C=C\C/C=C\C/C=C\C/C=C\C/C=C\C/C=C\CCCCCCCCCCCCCCCCCC(=O)NC(COP(=O)([O-])OCC[N+](C)(C)C)C(O)/C=C/CC/C=C/CC/C=C/CCCCCCCCC. The Balaban J connectivity index is 4.11. The van der Waals surface area contributed by atoms with E-state index < -0.39 is 26.6 Å². The Morgan fingerprint density at radius 3 is 1.22 bits per heavy atom. The molecule has 9 heteroatoms. The van der Waals surface area contributed by atoms with Gasteiger partial charge in [0.05, 0.1) is 39.9 Å². The van der Waals surface area contributed by atoms with Crippen molar-refractivity contribution in [3.8, 4) is 0 Å². The highest BCUT2D eigenvalue weighted by atomic mass is 31.2. The van der Waals surface area contributed by atoms with Crippen LogP contribution in [0.5, 0.6) is 0 Å². The molecule has 0 aliphatic heterocycles. The number of hydrogen-bond donors (Lipinski definition) is 2. The fourth-order valence-corrected chi connectivity index (χ4v) is 9.06. The Kier molecular flexibility index (Phi) is 54.3. The summed E-state index contributed by atoms with van der Waals surface area (Å²) in [5.74, 6) is -0.215. The number of rotatable bonds is 55. The van der Waals surface area contributed by atoms with Gasteiger partial charge in [-0.15, -0.1) is 0 Å². The normalized spacial score (nSPS) is 14.7. The highest BCUT2D eigenvalue weighted by Gasteiger charge is 2.23. The molecule has 0 saturated heterocycles. The standard InChI is InChI=1S/C67H117N2O6P/c1-6-8-10-12-14-16-18-20-22-24-25-26-27-28-29-30-31-32-33-34-35-36-37-38-39-40-41-42-43-45-47-49-51-53-55-57-59-61-67(71)68-65(64-75-76(72,73)74-63-62-69(3,4)5)66(70)60-58-56-54-52-50-48-46-44-23-21-19-17-15-13-11-9-7-2/h8,10,14,16,20,22-23,25-26,28-29,31-32,34-35,44,50,52,58,60,65-66,70H,6-7,9,11-13,15,17-19,21,24,27,30,33,36-43,45-49,51,53-57,59,61-64H2,1-5H3,(H-,68,71,72,73)/b10-8-,16-14-,22-20-,26-25-,29-28-,32-31-,35-34-,44-23+,52-50+,60-58+. The fraction of sp³-hybridized carbons (Fsp3) is 0.687. The largest absolute Gasteiger partial charge is 0.756 e. The number of hydrogen-bond acceptors (Lipinski definition) is 6. The van der Waals surface area contributed by atoms with Crippen LogP contribution in [0.25, 0.3) is 0 Å². The lowest BCUT2D eigenvalue weighted by molar-refractivity contribution is -0.870. The molecule has 0 bridgehead atoms. The van der Waals surface area contributed by atoms with E-state index in [-0.39, 0.29) is 12.5 Å². The molecule has 2 N–H and O–H groups in total. The van der Waals surface area contributed by atoms with E-state index in [9.17, 15) is 19.4 Å². The second-order valence-electron chi connectivity index (χ2n) is 21.7. The average molecular weight is 1080 g/mol. The number of aliphatic hydroxyl groups excluding tert-OH is 1. The van der Waals surface area contributed by atoms with Crippen molar-refractivity contribution in [3.05, 3.63) is 122 Å². The van der Waals surface area contributed by atoms with Gasteiger partial charge in [0.25, 0.3) is 7.82 Å². The van der Waals surface area contributed by atoms with E-state index in [1.54, 1.807) is 6.08 Å². The number of phosphoric acid groups is 1. The number of carbonyl (C=O) groups excluding carboxylic acids is 1. The first-order chi connectivity index (χ1) is 37.0. The average Bonchev–Trinajstić information content (AvgIpc) is 3.38.